The zero-order valence-electron chi connectivity index (χ0n) is 23.9. The largest absolute Gasteiger partial charge is 0.420 e. The minimum absolute atomic E-state index is 0.00984. The number of rotatable bonds is 6. The molecule has 2 saturated heterocycles. The van der Waals surface area contributed by atoms with Crippen LogP contribution in [0.1, 0.15) is 53.4 Å². The Hall–Kier alpha value is -2.87. The lowest BCUT2D eigenvalue weighted by molar-refractivity contribution is -0.137. The number of carbonyl (C=O) groups excluding carboxylic acids is 1. The summed E-state index contributed by atoms with van der Waals surface area (Å²) >= 11 is 2.55. The lowest BCUT2D eigenvalue weighted by Crippen LogP contribution is -2.54. The molecule has 3 aliphatic heterocycles. The molecule has 0 unspecified atom stereocenters. The van der Waals surface area contributed by atoms with Gasteiger partial charge in [0.25, 0.3) is 5.91 Å². The molecule has 4 aliphatic rings. The Morgan fingerprint density at radius 1 is 1.12 bits per heavy atom. The van der Waals surface area contributed by atoms with Crippen molar-refractivity contribution in [3.63, 3.8) is 0 Å². The van der Waals surface area contributed by atoms with Gasteiger partial charge in [-0.05, 0) is 62.4 Å². The molecular weight excluding hydrogens is 597 g/mol. The van der Waals surface area contributed by atoms with Gasteiger partial charge in [-0.3, -0.25) is 4.79 Å². The molecule has 228 valence electrons. The summed E-state index contributed by atoms with van der Waals surface area (Å²) in [5.74, 6) is 1.000. The molecule has 0 radical (unpaired) electrons. The second-order valence-corrected chi connectivity index (χ2v) is 14.0. The number of aromatic nitrogens is 2. The Labute approximate surface area is 256 Å². The summed E-state index contributed by atoms with van der Waals surface area (Å²) in [7, 11) is 0. The van der Waals surface area contributed by atoms with E-state index in [1.54, 1.807) is 11.0 Å². The summed E-state index contributed by atoms with van der Waals surface area (Å²) in [6.07, 6.45) is -1.67. The van der Waals surface area contributed by atoms with Gasteiger partial charge >= 0.3 is 6.18 Å². The van der Waals surface area contributed by atoms with E-state index < -0.39 is 11.7 Å². The van der Waals surface area contributed by atoms with Gasteiger partial charge in [-0.15, -0.1) is 23.1 Å². The number of nitrogens with zero attached hydrogens (tertiary/aromatic N) is 4. The van der Waals surface area contributed by atoms with Gasteiger partial charge in [-0.2, -0.15) is 13.2 Å². The minimum Gasteiger partial charge on any atom is -0.377 e. The Morgan fingerprint density at radius 2 is 1.88 bits per heavy atom. The van der Waals surface area contributed by atoms with Crippen molar-refractivity contribution in [3.05, 3.63) is 46.5 Å². The van der Waals surface area contributed by atoms with Crippen molar-refractivity contribution in [2.45, 2.75) is 61.8 Å². The molecule has 1 saturated carbocycles. The number of piperazine rings is 1. The molecule has 7 rings (SSSR count). The summed E-state index contributed by atoms with van der Waals surface area (Å²) in [5, 5.41) is 6.80. The van der Waals surface area contributed by atoms with Crippen molar-refractivity contribution < 1.29 is 22.7 Å². The first-order valence-electron chi connectivity index (χ1n) is 14.7. The highest BCUT2D eigenvalue weighted by atomic mass is 32.2. The van der Waals surface area contributed by atoms with E-state index in [0.717, 1.165) is 60.4 Å². The number of benzene rings is 1. The fourth-order valence-corrected chi connectivity index (χ4v) is 8.39. The maximum atomic E-state index is 14.2. The van der Waals surface area contributed by atoms with E-state index >= 15 is 0 Å². The summed E-state index contributed by atoms with van der Waals surface area (Å²) in [6, 6.07) is 8.68. The highest BCUT2D eigenvalue weighted by Gasteiger charge is 2.38. The third kappa shape index (κ3) is 5.84. The van der Waals surface area contributed by atoms with Crippen LogP contribution in [0.15, 0.2) is 35.4 Å². The van der Waals surface area contributed by atoms with Crippen molar-refractivity contribution in [1.82, 2.24) is 20.2 Å². The molecule has 3 aromatic rings. The van der Waals surface area contributed by atoms with Crippen molar-refractivity contribution in [2.24, 2.45) is 0 Å². The number of carbonyl (C=O) groups is 1. The molecular formula is C30H33F3N6O2S2. The zero-order chi connectivity index (χ0) is 29.9. The van der Waals surface area contributed by atoms with Crippen LogP contribution in [0.5, 0.6) is 0 Å². The number of halogens is 3. The van der Waals surface area contributed by atoms with Crippen LogP contribution in [-0.4, -0.2) is 77.5 Å². The van der Waals surface area contributed by atoms with Crippen LogP contribution in [0.2, 0.25) is 0 Å². The molecule has 3 fully saturated rings. The summed E-state index contributed by atoms with van der Waals surface area (Å²) in [6.45, 7) is 7.73. The summed E-state index contributed by atoms with van der Waals surface area (Å²) in [4.78, 5) is 27.5. The highest BCUT2D eigenvalue weighted by Crippen LogP contribution is 2.46. The molecule has 2 atom stereocenters. The number of anilines is 3. The van der Waals surface area contributed by atoms with Crippen LogP contribution in [-0.2, 0) is 10.9 Å². The standard InChI is InChI=1S/C30H33F3N6O2S2/c1-16-12-38(13-17(2)35-16)19-5-6-23(21(9-19)18-3-4-18)36-29-34-11-22(30(31,32)33)26(37-29)24-10-25-27(43-24)28(40)39(7-8-42-25)20-14-41-15-20/h5-6,9-11,16-18,20,35H,3-4,7-8,12-15H2,1-2H3,(H,34,36,37)/t16-,17+. The number of ether oxygens (including phenoxy) is 1. The Morgan fingerprint density at radius 3 is 2.56 bits per heavy atom. The number of hydrogen-bond acceptors (Lipinski definition) is 9. The molecule has 5 heterocycles. The second kappa shape index (κ2) is 11.2. The van der Waals surface area contributed by atoms with E-state index in [9.17, 15) is 18.0 Å². The molecule has 0 bridgehead atoms. The van der Waals surface area contributed by atoms with Crippen LogP contribution in [0, 0.1) is 0 Å². The number of nitrogens with one attached hydrogen (secondary N) is 2. The summed E-state index contributed by atoms with van der Waals surface area (Å²) < 4.78 is 47.9. The van der Waals surface area contributed by atoms with Crippen molar-refractivity contribution in [1.29, 1.82) is 0 Å². The maximum Gasteiger partial charge on any atom is 0.420 e. The molecule has 43 heavy (non-hydrogen) atoms. The van der Waals surface area contributed by atoms with Gasteiger partial charge in [0.15, 0.2) is 0 Å². The fourth-order valence-electron chi connectivity index (χ4n) is 6.07. The van der Waals surface area contributed by atoms with Gasteiger partial charge in [0.2, 0.25) is 5.95 Å². The smallest absolute Gasteiger partial charge is 0.377 e. The lowest BCUT2D eigenvalue weighted by Gasteiger charge is -2.38. The van der Waals surface area contributed by atoms with Gasteiger partial charge < -0.3 is 25.2 Å². The van der Waals surface area contributed by atoms with E-state index in [1.165, 1.54) is 11.8 Å². The highest BCUT2D eigenvalue weighted by molar-refractivity contribution is 7.99. The molecule has 2 N–H and O–H groups in total. The van der Waals surface area contributed by atoms with E-state index in [-0.39, 0.29) is 23.6 Å². The number of thioether (sulfide) groups is 1. The topological polar surface area (TPSA) is 82.6 Å². The number of alkyl halides is 3. The van der Waals surface area contributed by atoms with Crippen LogP contribution < -0.4 is 15.5 Å². The van der Waals surface area contributed by atoms with Crippen LogP contribution >= 0.6 is 23.1 Å². The predicted molar refractivity (Wildman–Crippen MR) is 163 cm³/mol. The van der Waals surface area contributed by atoms with Crippen molar-refractivity contribution in [3.8, 4) is 10.6 Å². The third-order valence-corrected chi connectivity index (χ3v) is 10.6. The Balaban J connectivity index is 1.21. The first kappa shape index (κ1) is 28.9. The van der Waals surface area contributed by atoms with Crippen LogP contribution in [0.3, 0.4) is 0 Å². The van der Waals surface area contributed by atoms with E-state index in [0.29, 0.717) is 58.2 Å². The van der Waals surface area contributed by atoms with Gasteiger partial charge in [0, 0.05) is 59.9 Å². The molecule has 2 aromatic heterocycles. The molecule has 13 heteroatoms. The third-order valence-electron chi connectivity index (χ3n) is 8.35. The van der Waals surface area contributed by atoms with Gasteiger partial charge in [0.05, 0.1) is 29.8 Å². The van der Waals surface area contributed by atoms with Gasteiger partial charge in [0.1, 0.15) is 10.4 Å². The lowest BCUT2D eigenvalue weighted by atomic mass is 10.0. The molecule has 0 spiro atoms. The van der Waals surface area contributed by atoms with Crippen molar-refractivity contribution >= 4 is 46.3 Å². The minimum atomic E-state index is -4.65. The average molecular weight is 631 g/mol. The van der Waals surface area contributed by atoms with E-state index in [1.807, 2.05) is 6.07 Å². The normalized spacial score (nSPS) is 23.1. The second-order valence-electron chi connectivity index (χ2n) is 11.8. The van der Waals surface area contributed by atoms with E-state index in [4.69, 9.17) is 4.74 Å². The number of thiophene rings is 1. The Bertz CT molecular complexity index is 1530. The molecule has 1 aliphatic carbocycles. The molecule has 1 amide bonds. The van der Waals surface area contributed by atoms with Gasteiger partial charge in [-0.1, -0.05) is 0 Å². The van der Waals surface area contributed by atoms with E-state index in [2.05, 4.69) is 51.5 Å². The molecule has 1 aromatic carbocycles. The first-order chi connectivity index (χ1) is 20.6. The monoisotopic (exact) mass is 630 g/mol. The number of fused-ring (bicyclic) bond motifs is 1. The van der Waals surface area contributed by atoms with Crippen LogP contribution in [0.4, 0.5) is 30.5 Å². The number of hydrogen-bond donors (Lipinski definition) is 2. The maximum absolute atomic E-state index is 14.2. The van der Waals surface area contributed by atoms with Gasteiger partial charge in [-0.25, -0.2) is 9.97 Å². The van der Waals surface area contributed by atoms with Crippen LogP contribution in [0.25, 0.3) is 10.6 Å². The first-order valence-corrected chi connectivity index (χ1v) is 16.5. The fraction of sp³-hybridized carbons (Fsp3) is 0.500. The zero-order valence-corrected chi connectivity index (χ0v) is 25.5. The SMILES string of the molecule is C[C@@H]1CN(c2ccc(Nc3ncc(C(F)(F)F)c(-c4cc5c(s4)C(=O)N(C4COC4)CCS5)n3)c(C3CC3)c2)C[C@H](C)N1. The number of amides is 1. The quantitative estimate of drug-likeness (QED) is 0.345. The van der Waals surface area contributed by atoms with Crippen molar-refractivity contribution in [2.75, 3.05) is 48.8 Å². The predicted octanol–water partition coefficient (Wildman–Crippen LogP) is 5.98. The molecule has 8 nitrogen and oxygen atoms in total. The summed E-state index contributed by atoms with van der Waals surface area (Å²) in [5.41, 5.74) is 1.94. The average Bonchev–Trinajstić information content (AvgIpc) is 3.71. The Kier molecular flexibility index (Phi) is 7.55.